The normalized spacial score (nSPS) is 11.9. The molecule has 3 rings (SSSR count). The summed E-state index contributed by atoms with van der Waals surface area (Å²) in [7, 11) is -3.96. The summed E-state index contributed by atoms with van der Waals surface area (Å²) < 4.78 is 40.1. The van der Waals surface area contributed by atoms with Gasteiger partial charge in [-0.25, -0.2) is 4.79 Å². The monoisotopic (exact) mass is 497 g/mol. The minimum atomic E-state index is -3.96. The Morgan fingerprint density at radius 3 is 2.29 bits per heavy atom. The molecule has 0 saturated heterocycles. The van der Waals surface area contributed by atoms with Crippen LogP contribution in [0.1, 0.15) is 47.4 Å². The Morgan fingerprint density at radius 2 is 1.71 bits per heavy atom. The molecule has 1 aromatic heterocycles. The van der Waals surface area contributed by atoms with Gasteiger partial charge in [-0.05, 0) is 99.7 Å². The van der Waals surface area contributed by atoms with E-state index in [0.717, 1.165) is 33.9 Å². The second kappa shape index (κ2) is 10.4. The Kier molecular flexibility index (Phi) is 7.75. The molecule has 2 aromatic carbocycles. The molecule has 0 fully saturated rings. The summed E-state index contributed by atoms with van der Waals surface area (Å²) in [5, 5.41) is 8.72. The van der Waals surface area contributed by atoms with Crippen LogP contribution in [0, 0.1) is 27.7 Å². The minimum absolute atomic E-state index is 0.117. The number of aliphatic carboxylic acids is 1. The molecule has 3 aromatic rings. The Labute approximate surface area is 206 Å². The first-order valence-electron chi connectivity index (χ1n) is 11.3. The number of hydrogen-bond donors (Lipinski definition) is 1. The summed E-state index contributed by atoms with van der Waals surface area (Å²) >= 11 is 0. The highest BCUT2D eigenvalue weighted by Crippen LogP contribution is 2.37. The van der Waals surface area contributed by atoms with E-state index in [2.05, 4.69) is 0 Å². The van der Waals surface area contributed by atoms with Crippen LogP contribution in [0.5, 0.6) is 5.75 Å². The first kappa shape index (κ1) is 26.1. The molecule has 0 radical (unpaired) electrons. The third-order valence-electron chi connectivity index (χ3n) is 5.68. The fraction of sp³-hybridized carbons (Fsp3) is 0.296. The molecule has 0 aliphatic rings. The van der Waals surface area contributed by atoms with Crippen molar-refractivity contribution in [1.29, 1.82) is 0 Å². The summed E-state index contributed by atoms with van der Waals surface area (Å²) in [5.74, 6) is -0.0458. The van der Waals surface area contributed by atoms with Crippen molar-refractivity contribution in [3.05, 3.63) is 82.1 Å². The van der Waals surface area contributed by atoms with Crippen LogP contribution < -0.4 is 9.04 Å². The van der Waals surface area contributed by atoms with Gasteiger partial charge >= 0.3 is 5.97 Å². The van der Waals surface area contributed by atoms with E-state index >= 15 is 0 Å². The Bertz CT molecular complexity index is 1370. The van der Waals surface area contributed by atoms with Crippen molar-refractivity contribution >= 4 is 27.8 Å². The fourth-order valence-corrected chi connectivity index (χ4v) is 5.33. The van der Waals surface area contributed by atoms with Gasteiger partial charge < -0.3 is 14.3 Å². The van der Waals surface area contributed by atoms with E-state index in [-0.39, 0.29) is 11.7 Å². The quantitative estimate of drug-likeness (QED) is 0.376. The van der Waals surface area contributed by atoms with Gasteiger partial charge in [-0.3, -0.25) is 4.31 Å². The average Bonchev–Trinajstić information content (AvgIpc) is 3.21. The predicted octanol–water partition coefficient (Wildman–Crippen LogP) is 5.79. The van der Waals surface area contributed by atoms with Crippen LogP contribution in [-0.4, -0.2) is 25.5 Å². The number of rotatable bonds is 9. The molecule has 8 heteroatoms. The van der Waals surface area contributed by atoms with E-state index in [1.165, 1.54) is 16.4 Å². The van der Waals surface area contributed by atoms with Gasteiger partial charge in [0.2, 0.25) is 5.09 Å². The zero-order valence-corrected chi connectivity index (χ0v) is 21.6. The lowest BCUT2D eigenvalue weighted by molar-refractivity contribution is -0.131. The van der Waals surface area contributed by atoms with Crippen molar-refractivity contribution in [2.75, 3.05) is 4.31 Å². The lowest BCUT2D eigenvalue weighted by Gasteiger charge is -2.29. The van der Waals surface area contributed by atoms with Crippen LogP contribution in [0.4, 0.5) is 5.69 Å². The number of aryl methyl sites for hydroxylation is 4. The minimum Gasteiger partial charge on any atom is -0.487 e. The predicted molar refractivity (Wildman–Crippen MR) is 136 cm³/mol. The average molecular weight is 498 g/mol. The molecule has 7 nitrogen and oxygen atoms in total. The van der Waals surface area contributed by atoms with Crippen LogP contribution in [0.3, 0.4) is 0 Å². The van der Waals surface area contributed by atoms with Crippen molar-refractivity contribution in [1.82, 2.24) is 0 Å². The summed E-state index contributed by atoms with van der Waals surface area (Å²) in [5.41, 5.74) is 4.96. The van der Waals surface area contributed by atoms with Gasteiger partial charge in [-0.1, -0.05) is 18.2 Å². The van der Waals surface area contributed by atoms with Gasteiger partial charge in [0.15, 0.2) is 0 Å². The Hall–Kier alpha value is -3.52. The van der Waals surface area contributed by atoms with Crippen molar-refractivity contribution in [3.8, 4) is 5.75 Å². The van der Waals surface area contributed by atoms with Crippen LogP contribution >= 0.6 is 0 Å². The molecular formula is C27H31NO6S. The lowest BCUT2D eigenvalue weighted by Crippen LogP contribution is -2.37. The third-order valence-corrected chi connectivity index (χ3v) is 7.54. The number of anilines is 1. The number of hydrogen-bond acceptors (Lipinski definition) is 5. The standard InChI is InChI=1S/C27H31NO6S/c1-17(2)28(35(31,32)27-12-7-21(6)34-27)24-14-18(3)19(4)15-25(24)33-16-23-10-8-22(13-20(23)5)9-11-26(29)30/h7-15,17H,16H2,1-6H3,(H,29,30). The maximum Gasteiger partial charge on any atom is 0.328 e. The molecule has 0 aliphatic carbocycles. The zero-order valence-electron chi connectivity index (χ0n) is 20.8. The number of carboxylic acid groups (broad SMARTS) is 1. The van der Waals surface area contributed by atoms with Crippen molar-refractivity contribution in [3.63, 3.8) is 0 Å². The number of ether oxygens (including phenoxy) is 1. The molecule has 0 aliphatic heterocycles. The van der Waals surface area contributed by atoms with E-state index < -0.39 is 22.0 Å². The number of carboxylic acids is 1. The second-order valence-corrected chi connectivity index (χ2v) is 10.6. The SMILES string of the molecule is Cc1ccc(S(=O)(=O)N(c2cc(C)c(C)cc2OCc2ccc(C=CC(=O)O)cc2C)C(C)C)o1. The van der Waals surface area contributed by atoms with Gasteiger partial charge in [0.1, 0.15) is 18.1 Å². The molecule has 0 unspecified atom stereocenters. The molecule has 0 saturated carbocycles. The largest absolute Gasteiger partial charge is 0.487 e. The van der Waals surface area contributed by atoms with Crippen molar-refractivity contribution in [2.45, 2.75) is 59.3 Å². The van der Waals surface area contributed by atoms with Crippen LogP contribution in [0.15, 0.2) is 58.1 Å². The lowest BCUT2D eigenvalue weighted by atomic mass is 10.0. The van der Waals surface area contributed by atoms with E-state index in [1.807, 2.05) is 51.1 Å². The van der Waals surface area contributed by atoms with Gasteiger partial charge in [0.05, 0.1) is 5.69 Å². The maximum atomic E-state index is 13.5. The summed E-state index contributed by atoms with van der Waals surface area (Å²) in [6.45, 7) is 11.3. The number of benzene rings is 2. The molecular weight excluding hydrogens is 466 g/mol. The highest BCUT2D eigenvalue weighted by molar-refractivity contribution is 7.92. The van der Waals surface area contributed by atoms with Crippen molar-refractivity contribution in [2.24, 2.45) is 0 Å². The number of carbonyl (C=O) groups is 1. The summed E-state index contributed by atoms with van der Waals surface area (Å²) in [6, 6.07) is 11.9. The zero-order chi connectivity index (χ0) is 25.9. The number of furan rings is 1. The van der Waals surface area contributed by atoms with Crippen molar-refractivity contribution < 1.29 is 27.5 Å². The van der Waals surface area contributed by atoms with Crippen LogP contribution in [0.25, 0.3) is 6.08 Å². The first-order valence-corrected chi connectivity index (χ1v) is 12.7. The van der Waals surface area contributed by atoms with Crippen LogP contribution in [0.2, 0.25) is 0 Å². The Balaban J connectivity index is 1.98. The van der Waals surface area contributed by atoms with E-state index in [1.54, 1.807) is 26.8 Å². The Morgan fingerprint density at radius 1 is 1.03 bits per heavy atom. The number of sulfonamides is 1. The molecule has 0 atom stereocenters. The van der Waals surface area contributed by atoms with E-state index in [9.17, 15) is 13.2 Å². The topological polar surface area (TPSA) is 97.0 Å². The second-order valence-electron chi connectivity index (χ2n) is 8.81. The molecule has 1 N–H and O–H groups in total. The number of nitrogens with zero attached hydrogens (tertiary/aromatic N) is 1. The summed E-state index contributed by atoms with van der Waals surface area (Å²) in [4.78, 5) is 10.8. The van der Waals surface area contributed by atoms with Crippen LogP contribution in [-0.2, 0) is 21.4 Å². The maximum absolute atomic E-state index is 13.5. The van der Waals surface area contributed by atoms with Gasteiger partial charge in [0, 0.05) is 12.1 Å². The molecule has 0 bridgehead atoms. The molecule has 1 heterocycles. The van der Waals surface area contributed by atoms with E-state index in [4.69, 9.17) is 14.3 Å². The molecule has 35 heavy (non-hydrogen) atoms. The smallest absolute Gasteiger partial charge is 0.328 e. The van der Waals surface area contributed by atoms with Gasteiger partial charge in [-0.2, -0.15) is 8.42 Å². The van der Waals surface area contributed by atoms with Gasteiger partial charge in [-0.15, -0.1) is 0 Å². The summed E-state index contributed by atoms with van der Waals surface area (Å²) in [6.07, 6.45) is 2.62. The molecule has 0 amide bonds. The molecule has 186 valence electrons. The highest BCUT2D eigenvalue weighted by atomic mass is 32.2. The van der Waals surface area contributed by atoms with E-state index in [0.29, 0.717) is 17.2 Å². The highest BCUT2D eigenvalue weighted by Gasteiger charge is 2.32. The van der Waals surface area contributed by atoms with Gasteiger partial charge in [0.25, 0.3) is 10.0 Å². The third kappa shape index (κ3) is 5.95. The molecule has 0 spiro atoms. The first-order chi connectivity index (χ1) is 16.4. The fourth-order valence-electron chi connectivity index (χ4n) is 3.70.